The quantitative estimate of drug-likeness (QED) is 0.303. The van der Waals surface area contributed by atoms with Crippen molar-refractivity contribution in [3.05, 3.63) is 48.0 Å². The van der Waals surface area contributed by atoms with E-state index in [1.165, 1.54) is 4.90 Å². The number of carbonyl (C=O) groups is 2. The molecule has 0 aliphatic heterocycles. The van der Waals surface area contributed by atoms with E-state index in [-0.39, 0.29) is 59.1 Å². The Labute approximate surface area is 205 Å². The first-order chi connectivity index (χ1) is 11.9. The summed E-state index contributed by atoms with van der Waals surface area (Å²) in [6, 6.07) is 13.2. The molecule has 0 saturated carbocycles. The van der Waals surface area contributed by atoms with Crippen LogP contribution < -0.4 is 78.8 Å². The van der Waals surface area contributed by atoms with Gasteiger partial charge in [0.2, 0.25) is 11.0 Å². The van der Waals surface area contributed by atoms with Crippen LogP contribution in [-0.2, 0) is 16.6 Å². The maximum Gasteiger partial charge on any atom is 1.00 e. The zero-order valence-corrected chi connectivity index (χ0v) is 20.3. The Morgan fingerprint density at radius 2 is 1.63 bits per heavy atom. The number of aliphatic carboxylic acids is 2. The molecule has 0 unspecified atom stereocenters. The average Bonchev–Trinajstić information content (AvgIpc) is 2.94. The van der Waals surface area contributed by atoms with Crippen LogP contribution in [0.25, 0.3) is 21.3 Å². The van der Waals surface area contributed by atoms with Gasteiger partial charge in [-0.15, -0.1) is 0 Å². The number of nitrogens with zero attached hydrogens (tertiary/aromatic N) is 2. The second kappa shape index (κ2) is 10.6. The van der Waals surface area contributed by atoms with Gasteiger partial charge in [-0.25, -0.2) is 0 Å². The van der Waals surface area contributed by atoms with Gasteiger partial charge in [-0.2, -0.15) is 4.57 Å². The molecule has 2 aromatic carbocycles. The van der Waals surface area contributed by atoms with E-state index in [2.05, 4.69) is 0 Å². The zero-order chi connectivity index (χ0) is 18.0. The number of hydrogen-bond donors (Lipinski definition) is 0. The number of anilines is 1. The molecule has 3 rings (SSSR count). The number of hydrogen-bond acceptors (Lipinski definition) is 6. The molecule has 0 spiro atoms. The number of benzene rings is 2. The van der Waals surface area contributed by atoms with Crippen LogP contribution in [0.4, 0.5) is 5.69 Å². The number of thiazole rings is 1. The third-order valence-corrected chi connectivity index (χ3v) is 4.88. The topological polar surface area (TPSA) is 87.4 Å². The van der Waals surface area contributed by atoms with Gasteiger partial charge in [-0.1, -0.05) is 29.5 Å². The van der Waals surface area contributed by atoms with Crippen molar-refractivity contribution < 1.29 is 83.5 Å². The van der Waals surface area contributed by atoms with E-state index in [4.69, 9.17) is 0 Å². The van der Waals surface area contributed by atoms with Gasteiger partial charge in [0.25, 0.3) is 0 Å². The molecule has 0 saturated heterocycles. The number of carboxylic acids is 2. The van der Waals surface area contributed by atoms with Gasteiger partial charge < -0.3 is 24.7 Å². The second-order valence-corrected chi connectivity index (χ2v) is 6.55. The predicted octanol–water partition coefficient (Wildman–Crippen LogP) is -6.29. The Morgan fingerprint density at radius 3 is 2.26 bits per heavy atom. The van der Waals surface area contributed by atoms with Gasteiger partial charge >= 0.3 is 59.1 Å². The molecule has 128 valence electrons. The molecule has 1 heterocycles. The number of carbonyl (C=O) groups excluding carboxylic acids is 2. The summed E-state index contributed by atoms with van der Waals surface area (Å²) < 4.78 is 3.20. The number of carboxylic acid groups (broad SMARTS) is 2. The number of aromatic nitrogens is 1. The summed E-state index contributed by atoms with van der Waals surface area (Å²) in [6.07, 6.45) is 0. The van der Waals surface area contributed by atoms with Crippen LogP contribution in [-0.4, -0.2) is 25.0 Å². The minimum Gasteiger partial charge on any atom is -0.548 e. The molecular formula is C18H15N2Na2O4S+. The monoisotopic (exact) mass is 401 g/mol. The van der Waals surface area contributed by atoms with E-state index >= 15 is 0 Å². The third kappa shape index (κ3) is 6.02. The maximum absolute atomic E-state index is 10.9. The average molecular weight is 401 g/mol. The molecule has 0 atom stereocenters. The van der Waals surface area contributed by atoms with E-state index in [0.717, 1.165) is 21.3 Å². The smallest absolute Gasteiger partial charge is 0.548 e. The largest absolute Gasteiger partial charge is 1.00 e. The van der Waals surface area contributed by atoms with Crippen LogP contribution in [0.1, 0.15) is 0 Å². The van der Waals surface area contributed by atoms with E-state index in [9.17, 15) is 19.8 Å². The Kier molecular flexibility index (Phi) is 9.44. The molecule has 0 aliphatic rings. The molecule has 6 nitrogen and oxygen atoms in total. The Morgan fingerprint density at radius 1 is 1.00 bits per heavy atom. The Bertz CT molecular complexity index is 945. The molecule has 3 aromatic rings. The normalized spacial score (nSPS) is 9.96. The molecule has 0 aliphatic carbocycles. The van der Waals surface area contributed by atoms with Crippen LogP contribution in [0, 0.1) is 0 Å². The van der Waals surface area contributed by atoms with E-state index in [1.807, 2.05) is 41.4 Å². The van der Waals surface area contributed by atoms with Crippen LogP contribution in [0.5, 0.6) is 0 Å². The molecule has 0 bridgehead atoms. The minimum absolute atomic E-state index is 0. The van der Waals surface area contributed by atoms with E-state index < -0.39 is 25.0 Å². The Balaban J connectivity index is 0.00000182. The molecule has 0 amide bonds. The summed E-state index contributed by atoms with van der Waals surface area (Å²) in [5.41, 5.74) is 5.43. The van der Waals surface area contributed by atoms with Crippen LogP contribution in [0.15, 0.2) is 48.0 Å². The number of aryl methyl sites for hydroxylation is 1. The molecule has 1 aromatic heterocycles. The van der Waals surface area contributed by atoms with Crippen molar-refractivity contribution >= 4 is 39.2 Å². The minimum atomic E-state index is -1.35. The van der Waals surface area contributed by atoms with E-state index in [1.54, 1.807) is 29.5 Å². The van der Waals surface area contributed by atoms with Crippen molar-refractivity contribution in [2.24, 2.45) is 7.05 Å². The Hall–Kier alpha value is -0.930. The molecular weight excluding hydrogens is 386 g/mol. The first-order valence-corrected chi connectivity index (χ1v) is 8.44. The summed E-state index contributed by atoms with van der Waals surface area (Å²) in [6.45, 7) is -1.04. The van der Waals surface area contributed by atoms with Crippen molar-refractivity contribution in [2.75, 3.05) is 18.0 Å². The fourth-order valence-electron chi connectivity index (χ4n) is 2.70. The summed E-state index contributed by atoms with van der Waals surface area (Å²) in [5, 5.41) is 21.8. The van der Waals surface area contributed by atoms with Crippen molar-refractivity contribution in [1.29, 1.82) is 0 Å². The first kappa shape index (κ1) is 24.1. The molecule has 0 fully saturated rings. The third-order valence-electron chi connectivity index (χ3n) is 3.86. The summed E-state index contributed by atoms with van der Waals surface area (Å²) in [5.74, 6) is -2.70. The summed E-state index contributed by atoms with van der Waals surface area (Å²) in [4.78, 5) is 23.0. The van der Waals surface area contributed by atoms with Gasteiger partial charge in [0.1, 0.15) is 11.7 Å². The maximum atomic E-state index is 10.9. The second-order valence-electron chi connectivity index (χ2n) is 5.67. The van der Waals surface area contributed by atoms with Gasteiger partial charge in [0, 0.05) is 11.8 Å². The SMILES string of the molecule is C[n+]1csc2ccc(-c3cccc(N(CC(=O)[O-])CC(=O)[O-])c3)cc21.[Na+].[Na+]. The standard InChI is InChI=1S/C18H16N2O4S.2Na/c1-19-11-25-16-6-5-13(8-15(16)19)12-3-2-4-14(7-12)20(9-17(21)22)10-18(23)24;;/h2-8,11H,9-10H2,1H3,(H-,21,22,23,24);;/q;2*+1/p-1. The van der Waals surface area contributed by atoms with Crippen LogP contribution in [0.3, 0.4) is 0 Å². The molecule has 0 N–H and O–H groups in total. The first-order valence-electron chi connectivity index (χ1n) is 7.56. The van der Waals surface area contributed by atoms with Gasteiger partial charge in [-0.3, -0.25) is 0 Å². The van der Waals surface area contributed by atoms with Gasteiger partial charge in [-0.05, 0) is 29.3 Å². The summed E-state index contributed by atoms with van der Waals surface area (Å²) >= 11 is 1.65. The van der Waals surface area contributed by atoms with Gasteiger partial charge in [0.05, 0.1) is 25.0 Å². The fourth-order valence-corrected chi connectivity index (χ4v) is 3.55. The molecule has 27 heavy (non-hydrogen) atoms. The fraction of sp³-hybridized carbons (Fsp3) is 0.167. The van der Waals surface area contributed by atoms with Crippen molar-refractivity contribution in [1.82, 2.24) is 0 Å². The van der Waals surface area contributed by atoms with Crippen molar-refractivity contribution in [3.8, 4) is 11.1 Å². The number of fused-ring (bicyclic) bond motifs is 1. The number of rotatable bonds is 6. The summed E-state index contributed by atoms with van der Waals surface area (Å²) in [7, 11) is 1.97. The van der Waals surface area contributed by atoms with Crippen molar-refractivity contribution in [2.45, 2.75) is 0 Å². The van der Waals surface area contributed by atoms with Crippen LogP contribution >= 0.6 is 11.3 Å². The van der Waals surface area contributed by atoms with E-state index in [0.29, 0.717) is 5.69 Å². The molecule has 0 radical (unpaired) electrons. The molecule has 9 heteroatoms. The van der Waals surface area contributed by atoms with Crippen molar-refractivity contribution in [3.63, 3.8) is 0 Å². The zero-order valence-electron chi connectivity index (χ0n) is 15.5. The van der Waals surface area contributed by atoms with Gasteiger partial charge in [0.15, 0.2) is 0 Å². The predicted molar refractivity (Wildman–Crippen MR) is 90.7 cm³/mol. The van der Waals surface area contributed by atoms with Crippen LogP contribution in [0.2, 0.25) is 0 Å².